The van der Waals surface area contributed by atoms with E-state index in [4.69, 9.17) is 4.74 Å². The quantitative estimate of drug-likeness (QED) is 0.732. The zero-order chi connectivity index (χ0) is 17.7. The Morgan fingerprint density at radius 3 is 2.92 bits per heavy atom. The van der Waals surface area contributed by atoms with Crippen molar-refractivity contribution in [2.45, 2.75) is 70.6 Å². The Balaban J connectivity index is 1.91. The molecule has 3 rings (SSSR count). The summed E-state index contributed by atoms with van der Waals surface area (Å²) in [4.78, 5) is 14.9. The van der Waals surface area contributed by atoms with E-state index < -0.39 is 0 Å². The lowest BCUT2D eigenvalue weighted by molar-refractivity contribution is -0.131. The van der Waals surface area contributed by atoms with Crippen molar-refractivity contribution in [1.29, 1.82) is 0 Å². The van der Waals surface area contributed by atoms with Gasteiger partial charge >= 0.3 is 0 Å². The smallest absolute Gasteiger partial charge is 0.222 e. The number of hydrogen-bond donors (Lipinski definition) is 0. The molecule has 25 heavy (non-hydrogen) atoms. The molecule has 0 radical (unpaired) electrons. The Labute approximate surface area is 152 Å². The predicted octanol–water partition coefficient (Wildman–Crippen LogP) is 4.94. The molecule has 1 aliphatic carbocycles. The van der Waals surface area contributed by atoms with E-state index in [1.807, 2.05) is 6.92 Å². The summed E-state index contributed by atoms with van der Waals surface area (Å²) in [5.74, 6) is 1.92. The van der Waals surface area contributed by atoms with Crippen LogP contribution in [0.5, 0.6) is 5.75 Å². The van der Waals surface area contributed by atoms with E-state index in [1.54, 1.807) is 0 Å². The molecule has 3 nitrogen and oxygen atoms in total. The monoisotopic (exact) mass is 343 g/mol. The third-order valence-corrected chi connectivity index (χ3v) is 6.29. The van der Waals surface area contributed by atoms with Crippen LogP contribution in [-0.4, -0.2) is 30.5 Å². The molecule has 1 aromatic carbocycles. The molecule has 1 aliphatic heterocycles. The minimum atomic E-state index is 0.155. The van der Waals surface area contributed by atoms with Crippen LogP contribution in [0.2, 0.25) is 0 Å². The summed E-state index contributed by atoms with van der Waals surface area (Å²) in [6.07, 6.45) is 8.98. The summed E-state index contributed by atoms with van der Waals surface area (Å²) >= 11 is 0. The minimum absolute atomic E-state index is 0.155. The number of nitrogens with zero attached hydrogens (tertiary/aromatic N) is 1. The van der Waals surface area contributed by atoms with Gasteiger partial charge in [0.2, 0.25) is 5.91 Å². The van der Waals surface area contributed by atoms with Gasteiger partial charge in [0.15, 0.2) is 0 Å². The van der Waals surface area contributed by atoms with E-state index in [0.717, 1.165) is 38.1 Å². The predicted molar refractivity (Wildman–Crippen MR) is 102 cm³/mol. The van der Waals surface area contributed by atoms with Gasteiger partial charge in [0.05, 0.1) is 6.61 Å². The Hall–Kier alpha value is -1.51. The van der Waals surface area contributed by atoms with Crippen molar-refractivity contribution in [2.75, 3.05) is 19.7 Å². The molecule has 0 bridgehead atoms. The number of benzene rings is 1. The van der Waals surface area contributed by atoms with Crippen LogP contribution in [0.25, 0.3) is 0 Å². The number of carbonyl (C=O) groups excluding carboxylic acids is 1. The maximum atomic E-state index is 12.7. The maximum absolute atomic E-state index is 12.7. The van der Waals surface area contributed by atoms with E-state index in [9.17, 15) is 4.79 Å². The van der Waals surface area contributed by atoms with Gasteiger partial charge in [-0.3, -0.25) is 4.79 Å². The molecule has 0 unspecified atom stereocenters. The fraction of sp³-hybridized carbons (Fsp3) is 0.682. The van der Waals surface area contributed by atoms with Crippen LogP contribution < -0.4 is 4.74 Å². The van der Waals surface area contributed by atoms with Gasteiger partial charge in [-0.05, 0) is 56.2 Å². The summed E-state index contributed by atoms with van der Waals surface area (Å²) in [5, 5.41) is 0. The zero-order valence-corrected chi connectivity index (χ0v) is 15.9. The number of carbonyl (C=O) groups is 1. The molecule has 0 N–H and O–H groups in total. The summed E-state index contributed by atoms with van der Waals surface area (Å²) in [7, 11) is 0. The molecule has 0 aromatic heterocycles. The second kappa shape index (κ2) is 8.25. The number of unbranched alkanes of at least 4 members (excludes halogenated alkanes) is 1. The Kier molecular flexibility index (Phi) is 6.03. The van der Waals surface area contributed by atoms with Crippen LogP contribution in [0.1, 0.15) is 70.8 Å². The average Bonchev–Trinajstić information content (AvgIpc) is 2.78. The number of likely N-dealkylation sites (tertiary alicyclic amines) is 1. The highest BCUT2D eigenvalue weighted by Gasteiger charge is 2.45. The zero-order valence-electron chi connectivity index (χ0n) is 15.9. The molecule has 1 amide bonds. The van der Waals surface area contributed by atoms with Crippen molar-refractivity contribution < 1.29 is 9.53 Å². The molecule has 2 fully saturated rings. The lowest BCUT2D eigenvalue weighted by Crippen LogP contribution is -2.42. The molecular weight excluding hydrogens is 310 g/mol. The van der Waals surface area contributed by atoms with E-state index in [1.165, 1.54) is 31.2 Å². The van der Waals surface area contributed by atoms with Crippen LogP contribution in [0.15, 0.2) is 24.3 Å². The SMILES string of the molecule is CCCCN1C[C@@H]2CCCC[C@@]2(c2cccc(OCC)c2)CCC1=O. The highest BCUT2D eigenvalue weighted by Crippen LogP contribution is 2.49. The van der Waals surface area contributed by atoms with E-state index >= 15 is 0 Å². The van der Waals surface area contributed by atoms with Gasteiger partial charge < -0.3 is 9.64 Å². The first kappa shape index (κ1) is 18.3. The van der Waals surface area contributed by atoms with E-state index in [-0.39, 0.29) is 5.41 Å². The Bertz CT molecular complexity index is 585. The van der Waals surface area contributed by atoms with Crippen molar-refractivity contribution >= 4 is 5.91 Å². The maximum Gasteiger partial charge on any atom is 0.222 e. The van der Waals surface area contributed by atoms with Gasteiger partial charge in [-0.15, -0.1) is 0 Å². The molecule has 2 aliphatic rings. The normalized spacial score (nSPS) is 26.9. The van der Waals surface area contributed by atoms with Crippen molar-refractivity contribution in [3.8, 4) is 5.75 Å². The van der Waals surface area contributed by atoms with Gasteiger partial charge in [-0.2, -0.15) is 0 Å². The summed E-state index contributed by atoms with van der Waals surface area (Å²) < 4.78 is 5.76. The van der Waals surface area contributed by atoms with Gasteiger partial charge in [0, 0.05) is 24.9 Å². The average molecular weight is 344 g/mol. The number of fused-ring (bicyclic) bond motifs is 1. The van der Waals surface area contributed by atoms with Crippen molar-refractivity contribution in [3.05, 3.63) is 29.8 Å². The van der Waals surface area contributed by atoms with Gasteiger partial charge in [-0.25, -0.2) is 0 Å². The molecule has 138 valence electrons. The number of amides is 1. The summed E-state index contributed by atoms with van der Waals surface area (Å²) in [6.45, 7) is 6.80. The van der Waals surface area contributed by atoms with Crippen LogP contribution >= 0.6 is 0 Å². The molecule has 3 heteroatoms. The first-order valence-corrected chi connectivity index (χ1v) is 10.2. The molecular formula is C22H33NO2. The van der Waals surface area contributed by atoms with Crippen molar-refractivity contribution in [1.82, 2.24) is 4.90 Å². The van der Waals surface area contributed by atoms with Crippen LogP contribution in [0.4, 0.5) is 0 Å². The van der Waals surface area contributed by atoms with Crippen LogP contribution in [0.3, 0.4) is 0 Å². The van der Waals surface area contributed by atoms with Gasteiger partial charge in [0.25, 0.3) is 0 Å². The third-order valence-electron chi connectivity index (χ3n) is 6.29. The standard InChI is InChI=1S/C22H33NO2/c1-3-5-15-23-17-19-9-6-7-13-22(19,14-12-21(23)24)18-10-8-11-20(16-18)25-4-2/h8,10-11,16,19H,3-7,9,12-15,17H2,1-2H3/t19-,22-/m0/s1. The van der Waals surface area contributed by atoms with Crippen molar-refractivity contribution in [2.24, 2.45) is 5.92 Å². The first-order chi connectivity index (χ1) is 12.2. The minimum Gasteiger partial charge on any atom is -0.494 e. The lowest BCUT2D eigenvalue weighted by Gasteiger charge is -2.44. The lowest BCUT2D eigenvalue weighted by atomic mass is 9.61. The van der Waals surface area contributed by atoms with E-state index in [2.05, 4.69) is 36.1 Å². The Morgan fingerprint density at radius 1 is 1.24 bits per heavy atom. The fourth-order valence-electron chi connectivity index (χ4n) is 4.91. The molecule has 0 spiro atoms. The van der Waals surface area contributed by atoms with Gasteiger partial charge in [0.1, 0.15) is 5.75 Å². The second-order valence-electron chi connectivity index (χ2n) is 7.75. The fourth-order valence-corrected chi connectivity index (χ4v) is 4.91. The molecule has 1 heterocycles. The molecule has 1 saturated carbocycles. The highest BCUT2D eigenvalue weighted by atomic mass is 16.5. The van der Waals surface area contributed by atoms with Crippen molar-refractivity contribution in [3.63, 3.8) is 0 Å². The molecule has 1 saturated heterocycles. The molecule has 1 aromatic rings. The number of ether oxygens (including phenoxy) is 1. The van der Waals surface area contributed by atoms with E-state index in [0.29, 0.717) is 24.9 Å². The largest absolute Gasteiger partial charge is 0.494 e. The topological polar surface area (TPSA) is 29.5 Å². The van der Waals surface area contributed by atoms with Crippen LogP contribution in [0, 0.1) is 5.92 Å². The number of hydrogen-bond acceptors (Lipinski definition) is 2. The third kappa shape index (κ3) is 3.86. The Morgan fingerprint density at radius 2 is 2.12 bits per heavy atom. The first-order valence-electron chi connectivity index (χ1n) is 10.2. The highest BCUT2D eigenvalue weighted by molar-refractivity contribution is 5.76. The molecule has 2 atom stereocenters. The number of rotatable bonds is 6. The van der Waals surface area contributed by atoms with Gasteiger partial charge in [-0.1, -0.05) is 38.3 Å². The van der Waals surface area contributed by atoms with Crippen LogP contribution in [-0.2, 0) is 10.2 Å². The second-order valence-corrected chi connectivity index (χ2v) is 7.75. The summed E-state index contributed by atoms with van der Waals surface area (Å²) in [5.41, 5.74) is 1.55. The summed E-state index contributed by atoms with van der Waals surface area (Å²) in [6, 6.07) is 8.69.